The highest BCUT2D eigenvalue weighted by molar-refractivity contribution is 5.70. The molecule has 1 aromatic rings. The van der Waals surface area contributed by atoms with Gasteiger partial charge in [-0.25, -0.2) is 0 Å². The van der Waals surface area contributed by atoms with E-state index in [2.05, 4.69) is 13.8 Å². The number of hydrogen-bond donors (Lipinski definition) is 0. The van der Waals surface area contributed by atoms with Gasteiger partial charge in [0.25, 0.3) is 5.69 Å². The molecule has 0 amide bonds. The Bertz CT molecular complexity index is 647. The Balaban J connectivity index is 2.54. The molecule has 1 fully saturated rings. The number of nitriles is 2. The van der Waals surface area contributed by atoms with Crippen LogP contribution in [0.1, 0.15) is 31.4 Å². The van der Waals surface area contributed by atoms with Crippen LogP contribution in [0.4, 0.5) is 11.4 Å². The highest BCUT2D eigenvalue weighted by Crippen LogP contribution is 2.35. The second-order valence-electron chi connectivity index (χ2n) is 5.72. The summed E-state index contributed by atoms with van der Waals surface area (Å²) in [6.45, 7) is 5.68. The van der Waals surface area contributed by atoms with Gasteiger partial charge in [0.15, 0.2) is 0 Å². The molecule has 0 N–H and O–H groups in total. The second kappa shape index (κ2) is 5.80. The van der Waals surface area contributed by atoms with Crippen molar-refractivity contribution in [1.82, 2.24) is 0 Å². The smallest absolute Gasteiger partial charge is 0.293 e. The van der Waals surface area contributed by atoms with Gasteiger partial charge in [-0.3, -0.25) is 10.1 Å². The predicted octanol–water partition coefficient (Wildman–Crippen LogP) is 2.82. The van der Waals surface area contributed by atoms with E-state index in [0.717, 1.165) is 19.5 Å². The molecular formula is C15H16N4O2. The average Bonchev–Trinajstić information content (AvgIpc) is 2.44. The van der Waals surface area contributed by atoms with Gasteiger partial charge in [-0.2, -0.15) is 10.5 Å². The summed E-state index contributed by atoms with van der Waals surface area (Å²) in [4.78, 5) is 12.8. The zero-order valence-corrected chi connectivity index (χ0v) is 12.0. The molecule has 6 nitrogen and oxygen atoms in total. The van der Waals surface area contributed by atoms with Gasteiger partial charge in [0, 0.05) is 19.2 Å². The molecule has 2 unspecified atom stereocenters. The van der Waals surface area contributed by atoms with Crippen molar-refractivity contribution >= 4 is 11.4 Å². The van der Waals surface area contributed by atoms with E-state index < -0.39 is 4.92 Å². The van der Waals surface area contributed by atoms with Gasteiger partial charge >= 0.3 is 0 Å². The fourth-order valence-corrected chi connectivity index (χ4v) is 3.02. The van der Waals surface area contributed by atoms with Crippen molar-refractivity contribution < 1.29 is 4.92 Å². The predicted molar refractivity (Wildman–Crippen MR) is 77.7 cm³/mol. The van der Waals surface area contributed by atoms with E-state index in [1.54, 1.807) is 0 Å². The molecule has 108 valence electrons. The van der Waals surface area contributed by atoms with Crippen molar-refractivity contribution in [2.45, 2.75) is 20.3 Å². The third kappa shape index (κ3) is 2.95. The molecule has 0 bridgehead atoms. The molecule has 21 heavy (non-hydrogen) atoms. The standard InChI is InChI=1S/C15H16N4O2/c1-10-3-11(2)9-18(8-10)14-4-12(6-16)13(7-17)5-15(14)19(20)21/h4-5,10-11H,3,8-9H2,1-2H3. The van der Waals surface area contributed by atoms with E-state index in [-0.39, 0.29) is 16.8 Å². The number of rotatable bonds is 2. The van der Waals surface area contributed by atoms with Crippen molar-refractivity contribution in [3.05, 3.63) is 33.4 Å². The van der Waals surface area contributed by atoms with Gasteiger partial charge < -0.3 is 4.90 Å². The summed E-state index contributed by atoms with van der Waals surface area (Å²) < 4.78 is 0. The van der Waals surface area contributed by atoms with Crippen LogP contribution in [-0.4, -0.2) is 18.0 Å². The highest BCUT2D eigenvalue weighted by atomic mass is 16.6. The Kier molecular flexibility index (Phi) is 4.09. The monoisotopic (exact) mass is 284 g/mol. The van der Waals surface area contributed by atoms with E-state index in [4.69, 9.17) is 10.5 Å². The first-order chi connectivity index (χ1) is 9.96. The number of nitrogens with zero attached hydrogens (tertiary/aromatic N) is 4. The number of hydrogen-bond acceptors (Lipinski definition) is 5. The van der Waals surface area contributed by atoms with Crippen molar-refractivity contribution in [2.75, 3.05) is 18.0 Å². The van der Waals surface area contributed by atoms with E-state index >= 15 is 0 Å². The maximum atomic E-state index is 11.3. The molecule has 1 saturated heterocycles. The largest absolute Gasteiger partial charge is 0.365 e. The molecule has 2 atom stereocenters. The topological polar surface area (TPSA) is 94.0 Å². The SMILES string of the molecule is CC1CC(C)CN(c2cc(C#N)c(C#N)cc2[N+](=O)[O-])C1. The van der Waals surface area contributed by atoms with Crippen LogP contribution in [0.15, 0.2) is 12.1 Å². The molecule has 0 aliphatic carbocycles. The first-order valence-corrected chi connectivity index (χ1v) is 6.83. The molecule has 1 aromatic carbocycles. The number of anilines is 1. The molecule has 0 spiro atoms. The summed E-state index contributed by atoms with van der Waals surface area (Å²) in [5.74, 6) is 0.879. The van der Waals surface area contributed by atoms with Crippen LogP contribution < -0.4 is 4.90 Å². The number of piperidine rings is 1. The third-order valence-corrected chi connectivity index (χ3v) is 3.76. The van der Waals surface area contributed by atoms with Gasteiger partial charge in [0.05, 0.1) is 16.1 Å². The van der Waals surface area contributed by atoms with E-state index in [1.807, 2.05) is 17.0 Å². The molecule has 1 heterocycles. The average molecular weight is 284 g/mol. The van der Waals surface area contributed by atoms with Gasteiger partial charge in [0.2, 0.25) is 0 Å². The Morgan fingerprint density at radius 1 is 1.19 bits per heavy atom. The first kappa shape index (κ1) is 14.8. The van der Waals surface area contributed by atoms with Crippen molar-refractivity contribution in [1.29, 1.82) is 10.5 Å². The third-order valence-electron chi connectivity index (χ3n) is 3.76. The summed E-state index contributed by atoms with van der Waals surface area (Å²) in [7, 11) is 0. The second-order valence-corrected chi connectivity index (χ2v) is 5.72. The number of benzene rings is 1. The van der Waals surface area contributed by atoms with Crippen molar-refractivity contribution in [3.63, 3.8) is 0 Å². The summed E-state index contributed by atoms with van der Waals surface area (Å²) >= 11 is 0. The van der Waals surface area contributed by atoms with Crippen LogP contribution in [-0.2, 0) is 0 Å². The summed E-state index contributed by atoms with van der Waals surface area (Å²) in [5.41, 5.74) is 0.566. The normalized spacial score (nSPS) is 21.4. The lowest BCUT2D eigenvalue weighted by atomic mass is 9.91. The Morgan fingerprint density at radius 3 is 2.19 bits per heavy atom. The van der Waals surface area contributed by atoms with Crippen LogP contribution in [0.3, 0.4) is 0 Å². The molecule has 0 aromatic heterocycles. The first-order valence-electron chi connectivity index (χ1n) is 6.83. The van der Waals surface area contributed by atoms with Crippen LogP contribution >= 0.6 is 0 Å². The summed E-state index contributed by atoms with van der Waals surface area (Å²) in [5, 5.41) is 29.4. The van der Waals surface area contributed by atoms with Crippen LogP contribution in [0, 0.1) is 44.6 Å². The van der Waals surface area contributed by atoms with E-state index in [1.165, 1.54) is 12.1 Å². The van der Waals surface area contributed by atoms with Gasteiger partial charge in [-0.05, 0) is 24.3 Å². The lowest BCUT2D eigenvalue weighted by Crippen LogP contribution is -2.39. The zero-order valence-electron chi connectivity index (χ0n) is 12.0. The zero-order chi connectivity index (χ0) is 15.6. The number of nitro benzene ring substituents is 1. The highest BCUT2D eigenvalue weighted by Gasteiger charge is 2.28. The minimum Gasteiger partial charge on any atom is -0.365 e. The van der Waals surface area contributed by atoms with E-state index in [9.17, 15) is 10.1 Å². The van der Waals surface area contributed by atoms with Crippen LogP contribution in [0.25, 0.3) is 0 Å². The maximum Gasteiger partial charge on any atom is 0.293 e. The summed E-state index contributed by atoms with van der Waals surface area (Å²) in [6, 6.07) is 6.47. The van der Waals surface area contributed by atoms with Crippen molar-refractivity contribution in [2.24, 2.45) is 11.8 Å². The number of nitro groups is 1. The molecule has 0 saturated carbocycles. The Hall–Kier alpha value is -2.60. The molecule has 1 aliphatic heterocycles. The quantitative estimate of drug-likeness (QED) is 0.614. The van der Waals surface area contributed by atoms with E-state index in [0.29, 0.717) is 17.5 Å². The fourth-order valence-electron chi connectivity index (χ4n) is 3.02. The maximum absolute atomic E-state index is 11.3. The molecule has 1 aliphatic rings. The lowest BCUT2D eigenvalue weighted by molar-refractivity contribution is -0.384. The minimum atomic E-state index is -0.485. The van der Waals surface area contributed by atoms with Gasteiger partial charge in [0.1, 0.15) is 17.8 Å². The fraction of sp³-hybridized carbons (Fsp3) is 0.467. The Morgan fingerprint density at radius 2 is 1.71 bits per heavy atom. The molecular weight excluding hydrogens is 268 g/mol. The Labute approximate surface area is 123 Å². The lowest BCUT2D eigenvalue weighted by Gasteiger charge is -2.36. The van der Waals surface area contributed by atoms with Crippen LogP contribution in [0.2, 0.25) is 0 Å². The summed E-state index contributed by atoms with van der Waals surface area (Å²) in [6.07, 6.45) is 1.09. The molecule has 2 rings (SSSR count). The molecule has 0 radical (unpaired) electrons. The molecule has 6 heteroatoms. The van der Waals surface area contributed by atoms with Crippen LogP contribution in [0.5, 0.6) is 0 Å². The van der Waals surface area contributed by atoms with Gasteiger partial charge in [-0.15, -0.1) is 0 Å². The van der Waals surface area contributed by atoms with Gasteiger partial charge in [-0.1, -0.05) is 13.8 Å². The minimum absolute atomic E-state index is 0.0473. The van der Waals surface area contributed by atoms with Crippen molar-refractivity contribution in [3.8, 4) is 12.1 Å².